The quantitative estimate of drug-likeness (QED) is 0.549. The van der Waals surface area contributed by atoms with Crippen LogP contribution >= 0.6 is 0 Å². The van der Waals surface area contributed by atoms with Crippen LogP contribution in [0.4, 0.5) is 0 Å². The summed E-state index contributed by atoms with van der Waals surface area (Å²) >= 11 is 0. The van der Waals surface area contributed by atoms with Gasteiger partial charge < -0.3 is 4.89 Å². The molecule has 2 aromatic rings. The molecule has 14 heavy (non-hydrogen) atoms. The zero-order valence-electron chi connectivity index (χ0n) is 8.24. The Kier molecular flexibility index (Phi) is 2.14. The second kappa shape index (κ2) is 3.31. The highest BCUT2D eigenvalue weighted by Crippen LogP contribution is 2.29. The number of fused-ring (bicyclic) bond motifs is 1. The fourth-order valence-electron chi connectivity index (χ4n) is 1.70. The van der Waals surface area contributed by atoms with Crippen molar-refractivity contribution in [2.24, 2.45) is 0 Å². The first-order valence-electron chi connectivity index (χ1n) is 4.54. The van der Waals surface area contributed by atoms with Gasteiger partial charge in [0.2, 0.25) is 0 Å². The molecule has 0 aliphatic heterocycles. The summed E-state index contributed by atoms with van der Waals surface area (Å²) in [5.41, 5.74) is 2.12. The Bertz CT molecular complexity index is 475. The van der Waals surface area contributed by atoms with Gasteiger partial charge in [0.05, 0.1) is 0 Å². The zero-order chi connectivity index (χ0) is 10.1. The summed E-state index contributed by atoms with van der Waals surface area (Å²) < 4.78 is 0. The molecule has 2 heteroatoms. The highest BCUT2D eigenvalue weighted by atomic mass is 17.1. The van der Waals surface area contributed by atoms with E-state index < -0.39 is 0 Å². The summed E-state index contributed by atoms with van der Waals surface area (Å²) in [6.45, 7) is 3.97. The van der Waals surface area contributed by atoms with E-state index >= 15 is 0 Å². The molecular formula is C12H12O2. The Morgan fingerprint density at radius 2 is 1.79 bits per heavy atom. The van der Waals surface area contributed by atoms with Crippen molar-refractivity contribution in [3.63, 3.8) is 0 Å². The van der Waals surface area contributed by atoms with Gasteiger partial charge in [-0.1, -0.05) is 24.3 Å². The molecule has 1 N–H and O–H groups in total. The van der Waals surface area contributed by atoms with Crippen LogP contribution in [0.5, 0.6) is 5.75 Å². The molecule has 0 aromatic heterocycles. The highest BCUT2D eigenvalue weighted by molar-refractivity contribution is 5.88. The number of hydrogen-bond donors (Lipinski definition) is 1. The largest absolute Gasteiger partial charge is 0.340 e. The monoisotopic (exact) mass is 188 g/mol. The molecule has 0 saturated heterocycles. The van der Waals surface area contributed by atoms with Gasteiger partial charge in [0.15, 0.2) is 5.75 Å². The van der Waals surface area contributed by atoms with E-state index in [-0.39, 0.29) is 0 Å². The third kappa shape index (κ3) is 1.24. The van der Waals surface area contributed by atoms with Crippen LogP contribution in [0.25, 0.3) is 10.8 Å². The molecule has 2 nitrogen and oxygen atoms in total. The van der Waals surface area contributed by atoms with E-state index in [1.165, 1.54) is 5.39 Å². The fraction of sp³-hybridized carbons (Fsp3) is 0.167. The van der Waals surface area contributed by atoms with Crippen molar-refractivity contribution in [3.8, 4) is 5.75 Å². The molecule has 0 bridgehead atoms. The molecule has 0 spiro atoms. The highest BCUT2D eigenvalue weighted by Gasteiger charge is 2.06. The van der Waals surface area contributed by atoms with Crippen molar-refractivity contribution in [2.45, 2.75) is 13.8 Å². The van der Waals surface area contributed by atoms with E-state index in [1.807, 2.05) is 38.1 Å². The lowest BCUT2D eigenvalue weighted by molar-refractivity contribution is -0.138. The molecule has 2 rings (SSSR count). The molecule has 0 unspecified atom stereocenters. The molecule has 2 aromatic carbocycles. The molecule has 0 saturated carbocycles. The molecule has 0 heterocycles. The first-order valence-corrected chi connectivity index (χ1v) is 4.54. The second-order valence-electron chi connectivity index (χ2n) is 3.44. The van der Waals surface area contributed by atoms with E-state index in [4.69, 9.17) is 5.26 Å². The van der Waals surface area contributed by atoms with Crippen molar-refractivity contribution < 1.29 is 10.1 Å². The molecule has 0 atom stereocenters. The zero-order valence-corrected chi connectivity index (χ0v) is 8.24. The van der Waals surface area contributed by atoms with E-state index in [9.17, 15) is 0 Å². The van der Waals surface area contributed by atoms with Crippen molar-refractivity contribution in [1.29, 1.82) is 0 Å². The van der Waals surface area contributed by atoms with Gasteiger partial charge in [-0.15, -0.1) is 0 Å². The summed E-state index contributed by atoms with van der Waals surface area (Å²) in [5, 5.41) is 11.0. The summed E-state index contributed by atoms with van der Waals surface area (Å²) in [4.78, 5) is 4.33. The van der Waals surface area contributed by atoms with Crippen LogP contribution in [0.3, 0.4) is 0 Å². The number of benzene rings is 2. The van der Waals surface area contributed by atoms with Crippen LogP contribution in [0.15, 0.2) is 30.3 Å². The van der Waals surface area contributed by atoms with Gasteiger partial charge >= 0.3 is 0 Å². The first kappa shape index (κ1) is 9.03. The average Bonchev–Trinajstić information content (AvgIpc) is 2.23. The van der Waals surface area contributed by atoms with Crippen molar-refractivity contribution in [1.82, 2.24) is 0 Å². The van der Waals surface area contributed by atoms with Crippen LogP contribution in [-0.2, 0) is 0 Å². The third-order valence-corrected chi connectivity index (χ3v) is 2.68. The van der Waals surface area contributed by atoms with Gasteiger partial charge in [-0.25, -0.2) is 5.26 Å². The lowest BCUT2D eigenvalue weighted by atomic mass is 10.0. The lowest BCUT2D eigenvalue weighted by Gasteiger charge is -2.09. The van der Waals surface area contributed by atoms with Gasteiger partial charge in [-0.2, -0.15) is 0 Å². The normalized spacial score (nSPS) is 10.5. The Balaban J connectivity index is 2.85. The van der Waals surface area contributed by atoms with Gasteiger partial charge in [-0.05, 0) is 41.8 Å². The molecule has 0 amide bonds. The van der Waals surface area contributed by atoms with Crippen LogP contribution < -0.4 is 4.89 Å². The topological polar surface area (TPSA) is 29.5 Å². The van der Waals surface area contributed by atoms with E-state index in [1.54, 1.807) is 0 Å². The molecule has 0 fully saturated rings. The fourth-order valence-corrected chi connectivity index (χ4v) is 1.70. The van der Waals surface area contributed by atoms with Crippen LogP contribution in [0.1, 0.15) is 11.1 Å². The van der Waals surface area contributed by atoms with Gasteiger partial charge in [0.1, 0.15) is 0 Å². The maximum Gasteiger partial charge on any atom is 0.168 e. The van der Waals surface area contributed by atoms with Crippen molar-refractivity contribution in [2.75, 3.05) is 0 Å². The standard InChI is InChI=1S/C12H12O2/c1-8-9(2)12(14-13)7-10-5-3-4-6-11(8)10/h3-7,13H,1-2H3. The van der Waals surface area contributed by atoms with Gasteiger partial charge in [0, 0.05) is 0 Å². The average molecular weight is 188 g/mol. The van der Waals surface area contributed by atoms with Crippen molar-refractivity contribution in [3.05, 3.63) is 41.5 Å². The first-order chi connectivity index (χ1) is 6.74. The van der Waals surface area contributed by atoms with E-state index in [2.05, 4.69) is 11.0 Å². The van der Waals surface area contributed by atoms with E-state index in [0.717, 1.165) is 16.5 Å². The minimum absolute atomic E-state index is 0.529. The Labute approximate surface area is 82.7 Å². The minimum Gasteiger partial charge on any atom is -0.340 e. The SMILES string of the molecule is Cc1c(OO)cc2ccccc2c1C. The Morgan fingerprint density at radius 1 is 1.07 bits per heavy atom. The van der Waals surface area contributed by atoms with E-state index in [0.29, 0.717) is 5.75 Å². The predicted molar refractivity (Wildman–Crippen MR) is 56.7 cm³/mol. The molecule has 0 aliphatic rings. The minimum atomic E-state index is 0.529. The number of rotatable bonds is 1. The maximum atomic E-state index is 8.70. The molecule has 72 valence electrons. The lowest BCUT2D eigenvalue weighted by Crippen LogP contribution is -1.91. The second-order valence-corrected chi connectivity index (χ2v) is 3.44. The number of aryl methyl sites for hydroxylation is 1. The molecule has 0 radical (unpaired) electrons. The third-order valence-electron chi connectivity index (χ3n) is 2.68. The summed E-state index contributed by atoms with van der Waals surface area (Å²) in [6.07, 6.45) is 0. The summed E-state index contributed by atoms with van der Waals surface area (Å²) in [7, 11) is 0. The van der Waals surface area contributed by atoms with Crippen LogP contribution in [0, 0.1) is 13.8 Å². The van der Waals surface area contributed by atoms with Crippen LogP contribution in [0.2, 0.25) is 0 Å². The Hall–Kier alpha value is -1.54. The van der Waals surface area contributed by atoms with Gasteiger partial charge in [0.25, 0.3) is 0 Å². The van der Waals surface area contributed by atoms with Crippen LogP contribution in [-0.4, -0.2) is 5.26 Å². The molecule has 0 aliphatic carbocycles. The Morgan fingerprint density at radius 3 is 2.50 bits per heavy atom. The summed E-state index contributed by atoms with van der Waals surface area (Å²) in [6, 6.07) is 9.90. The maximum absolute atomic E-state index is 8.70. The smallest absolute Gasteiger partial charge is 0.168 e. The number of hydrogen-bond acceptors (Lipinski definition) is 2. The van der Waals surface area contributed by atoms with Gasteiger partial charge in [-0.3, -0.25) is 0 Å². The molecular weight excluding hydrogens is 176 g/mol. The predicted octanol–water partition coefficient (Wildman–Crippen LogP) is 3.31. The summed E-state index contributed by atoms with van der Waals surface area (Å²) in [5.74, 6) is 0.529. The van der Waals surface area contributed by atoms with Crippen molar-refractivity contribution >= 4 is 10.8 Å².